The van der Waals surface area contributed by atoms with Gasteiger partial charge in [0.2, 0.25) is 0 Å². The first-order valence-electron chi connectivity index (χ1n) is 6.68. The van der Waals surface area contributed by atoms with Crippen LogP contribution in [0.25, 0.3) is 0 Å². The lowest BCUT2D eigenvalue weighted by Crippen LogP contribution is -2.18. The summed E-state index contributed by atoms with van der Waals surface area (Å²) in [4.78, 5) is 27.9. The number of pyridine rings is 1. The molecule has 0 bridgehead atoms. The van der Waals surface area contributed by atoms with Crippen LogP contribution in [0.3, 0.4) is 0 Å². The first-order valence-corrected chi connectivity index (χ1v) is 6.68. The van der Waals surface area contributed by atoms with E-state index in [0.29, 0.717) is 11.1 Å². The summed E-state index contributed by atoms with van der Waals surface area (Å²) in [5.41, 5.74) is 4.03. The Kier molecular flexibility index (Phi) is 4.98. The van der Waals surface area contributed by atoms with Crippen molar-refractivity contribution in [3.8, 4) is 0 Å². The quantitative estimate of drug-likeness (QED) is 0.515. The van der Waals surface area contributed by atoms with Gasteiger partial charge in [0.05, 0.1) is 11.1 Å². The number of rotatable bonds is 5. The van der Waals surface area contributed by atoms with Crippen molar-refractivity contribution in [2.75, 3.05) is 19.0 Å². The molecule has 118 valence electrons. The molecule has 0 fully saturated rings. The summed E-state index contributed by atoms with van der Waals surface area (Å²) in [5, 5.41) is 14.7. The smallest absolute Gasteiger partial charge is 0.271 e. The van der Waals surface area contributed by atoms with Crippen LogP contribution in [0.15, 0.2) is 47.8 Å². The summed E-state index contributed by atoms with van der Waals surface area (Å²) in [6.45, 7) is 0. The fourth-order valence-corrected chi connectivity index (χ4v) is 1.89. The molecule has 1 aromatic carbocycles. The van der Waals surface area contributed by atoms with Crippen LogP contribution in [0, 0.1) is 10.1 Å². The predicted octanol–water partition coefficient (Wildman–Crippen LogP) is 1.82. The maximum Gasteiger partial charge on any atom is 0.271 e. The van der Waals surface area contributed by atoms with Gasteiger partial charge in [-0.2, -0.15) is 5.10 Å². The van der Waals surface area contributed by atoms with Crippen LogP contribution >= 0.6 is 0 Å². The lowest BCUT2D eigenvalue weighted by Gasteiger charge is -2.14. The molecule has 23 heavy (non-hydrogen) atoms. The van der Waals surface area contributed by atoms with Gasteiger partial charge >= 0.3 is 0 Å². The van der Waals surface area contributed by atoms with E-state index in [1.807, 2.05) is 14.1 Å². The zero-order valence-electron chi connectivity index (χ0n) is 12.6. The molecule has 0 saturated heterocycles. The second-order valence-corrected chi connectivity index (χ2v) is 4.83. The number of anilines is 1. The van der Waals surface area contributed by atoms with Crippen molar-refractivity contribution < 1.29 is 9.72 Å². The van der Waals surface area contributed by atoms with E-state index < -0.39 is 4.92 Å². The minimum atomic E-state index is -0.480. The van der Waals surface area contributed by atoms with E-state index in [9.17, 15) is 14.9 Å². The third-order valence-corrected chi connectivity index (χ3v) is 3.02. The van der Waals surface area contributed by atoms with Gasteiger partial charge in [0.15, 0.2) is 0 Å². The number of hydrogen-bond acceptors (Lipinski definition) is 6. The fourth-order valence-electron chi connectivity index (χ4n) is 1.89. The topological polar surface area (TPSA) is 101 Å². The average molecular weight is 313 g/mol. The Morgan fingerprint density at radius 3 is 2.61 bits per heavy atom. The monoisotopic (exact) mass is 313 g/mol. The summed E-state index contributed by atoms with van der Waals surface area (Å²) in [5.74, 6) is -0.388. The maximum atomic E-state index is 11.9. The Hall–Kier alpha value is -3.29. The number of carbonyl (C=O) groups excluding carboxylic acids is 1. The maximum absolute atomic E-state index is 11.9. The molecule has 0 unspecified atom stereocenters. The van der Waals surface area contributed by atoms with Crippen molar-refractivity contribution >= 4 is 23.5 Å². The molecule has 0 atom stereocenters. The van der Waals surface area contributed by atoms with Crippen molar-refractivity contribution in [2.45, 2.75) is 0 Å². The van der Waals surface area contributed by atoms with Crippen molar-refractivity contribution in [2.24, 2.45) is 5.10 Å². The Balaban J connectivity index is 2.19. The Morgan fingerprint density at radius 2 is 2.00 bits per heavy atom. The number of amides is 1. The van der Waals surface area contributed by atoms with Gasteiger partial charge in [-0.15, -0.1) is 0 Å². The molecule has 0 radical (unpaired) electrons. The van der Waals surface area contributed by atoms with Crippen LogP contribution in [-0.2, 0) is 0 Å². The van der Waals surface area contributed by atoms with Gasteiger partial charge in [0, 0.05) is 55.4 Å². The molecule has 8 nitrogen and oxygen atoms in total. The SMILES string of the molecule is CN(C)c1ccc([N+](=O)[O-])cc1/C=N\NC(=O)c1ccncc1. The highest BCUT2D eigenvalue weighted by Crippen LogP contribution is 2.22. The molecule has 8 heteroatoms. The van der Waals surface area contributed by atoms with Gasteiger partial charge in [-0.25, -0.2) is 5.43 Å². The standard InChI is InChI=1S/C15H15N5O3/c1-19(2)14-4-3-13(20(22)23)9-12(14)10-17-18-15(21)11-5-7-16-8-6-11/h3-10H,1-2H3,(H,18,21)/b17-10-. The second-order valence-electron chi connectivity index (χ2n) is 4.83. The summed E-state index contributed by atoms with van der Waals surface area (Å²) >= 11 is 0. The Labute approximate surface area is 132 Å². The van der Waals surface area contributed by atoms with Crippen LogP contribution in [0.1, 0.15) is 15.9 Å². The number of nitrogens with zero attached hydrogens (tertiary/aromatic N) is 4. The summed E-state index contributed by atoms with van der Waals surface area (Å²) in [7, 11) is 3.63. The largest absolute Gasteiger partial charge is 0.377 e. The van der Waals surface area contributed by atoms with Crippen molar-refractivity contribution in [3.05, 3.63) is 64.0 Å². The van der Waals surface area contributed by atoms with Crippen LogP contribution in [0.5, 0.6) is 0 Å². The first-order chi connectivity index (χ1) is 11.0. The molecule has 0 spiro atoms. The van der Waals surface area contributed by atoms with Gasteiger partial charge in [-0.1, -0.05) is 0 Å². The zero-order valence-corrected chi connectivity index (χ0v) is 12.6. The fraction of sp³-hybridized carbons (Fsp3) is 0.133. The highest BCUT2D eigenvalue weighted by Gasteiger charge is 2.11. The van der Waals surface area contributed by atoms with Crippen molar-refractivity contribution in [1.29, 1.82) is 0 Å². The number of hydrazone groups is 1. The van der Waals surface area contributed by atoms with E-state index in [1.165, 1.54) is 30.7 Å². The lowest BCUT2D eigenvalue weighted by molar-refractivity contribution is -0.384. The second kappa shape index (κ2) is 7.12. The molecule has 0 aliphatic rings. The van der Waals surface area contributed by atoms with E-state index >= 15 is 0 Å². The molecule has 2 rings (SSSR count). The Morgan fingerprint density at radius 1 is 1.30 bits per heavy atom. The van der Waals surface area contributed by atoms with Crippen LogP contribution in [0.2, 0.25) is 0 Å². The predicted molar refractivity (Wildman–Crippen MR) is 86.7 cm³/mol. The van der Waals surface area contributed by atoms with E-state index in [-0.39, 0.29) is 11.6 Å². The van der Waals surface area contributed by atoms with Gasteiger partial charge in [-0.3, -0.25) is 19.9 Å². The highest BCUT2D eigenvalue weighted by molar-refractivity contribution is 5.95. The average Bonchev–Trinajstić information content (AvgIpc) is 2.55. The third kappa shape index (κ3) is 4.10. The number of nitro groups is 1. The molecule has 2 aromatic rings. The molecule has 0 aliphatic carbocycles. The van der Waals surface area contributed by atoms with Crippen LogP contribution in [-0.4, -0.2) is 36.1 Å². The molecule has 0 aliphatic heterocycles. The first kappa shape index (κ1) is 16.1. The van der Waals surface area contributed by atoms with E-state index in [2.05, 4.69) is 15.5 Å². The normalized spacial score (nSPS) is 10.5. The summed E-state index contributed by atoms with van der Waals surface area (Å²) in [6, 6.07) is 7.57. The van der Waals surface area contributed by atoms with Gasteiger partial charge in [0.25, 0.3) is 11.6 Å². The number of non-ortho nitro benzene ring substituents is 1. The van der Waals surface area contributed by atoms with Crippen LogP contribution < -0.4 is 10.3 Å². The molecule has 0 saturated carbocycles. The van der Waals surface area contributed by atoms with E-state index in [1.54, 1.807) is 23.1 Å². The third-order valence-electron chi connectivity index (χ3n) is 3.02. The Bertz CT molecular complexity index is 744. The van der Waals surface area contributed by atoms with Crippen molar-refractivity contribution in [3.63, 3.8) is 0 Å². The van der Waals surface area contributed by atoms with E-state index in [0.717, 1.165) is 5.69 Å². The summed E-state index contributed by atoms with van der Waals surface area (Å²) < 4.78 is 0. The number of nitrogens with one attached hydrogen (secondary N) is 1. The van der Waals surface area contributed by atoms with Gasteiger partial charge in [-0.05, 0) is 18.2 Å². The number of nitro benzene ring substituents is 1. The van der Waals surface area contributed by atoms with Crippen LogP contribution in [0.4, 0.5) is 11.4 Å². The molecule has 1 heterocycles. The van der Waals surface area contributed by atoms with Crippen molar-refractivity contribution in [1.82, 2.24) is 10.4 Å². The molecule has 1 N–H and O–H groups in total. The van der Waals surface area contributed by atoms with Gasteiger partial charge in [0.1, 0.15) is 0 Å². The molecule has 1 amide bonds. The lowest BCUT2D eigenvalue weighted by atomic mass is 10.1. The highest BCUT2D eigenvalue weighted by atomic mass is 16.6. The molecular weight excluding hydrogens is 298 g/mol. The molecular formula is C15H15N5O3. The number of hydrogen-bond donors (Lipinski definition) is 1. The number of carbonyl (C=O) groups is 1. The van der Waals surface area contributed by atoms with Gasteiger partial charge < -0.3 is 4.90 Å². The summed E-state index contributed by atoms with van der Waals surface area (Å²) in [6.07, 6.45) is 4.38. The minimum Gasteiger partial charge on any atom is -0.377 e. The minimum absolute atomic E-state index is 0.0440. The number of aromatic nitrogens is 1. The molecule has 1 aromatic heterocycles. The number of benzene rings is 1. The zero-order chi connectivity index (χ0) is 16.8. The van der Waals surface area contributed by atoms with E-state index in [4.69, 9.17) is 0 Å².